The molecule has 1 aliphatic heterocycles. The predicted octanol–water partition coefficient (Wildman–Crippen LogP) is 5.74. The first-order valence-electron chi connectivity index (χ1n) is 13.0. The van der Waals surface area contributed by atoms with Crippen molar-refractivity contribution in [1.82, 2.24) is 5.32 Å². The normalized spacial score (nSPS) is 13.1. The largest absolute Gasteiger partial charge is 0.495 e. The number of halogens is 2. The van der Waals surface area contributed by atoms with E-state index in [1.807, 2.05) is 24.3 Å². The second-order valence-corrected chi connectivity index (χ2v) is 10.0. The summed E-state index contributed by atoms with van der Waals surface area (Å²) in [6.07, 6.45) is 0.692. The van der Waals surface area contributed by atoms with Crippen molar-refractivity contribution in [1.29, 1.82) is 0 Å². The van der Waals surface area contributed by atoms with Crippen molar-refractivity contribution in [3.63, 3.8) is 0 Å². The number of anilines is 4. The summed E-state index contributed by atoms with van der Waals surface area (Å²) in [5, 5.41) is 9.26. The molecule has 4 rings (SSSR count). The molecule has 0 saturated carbocycles. The summed E-state index contributed by atoms with van der Waals surface area (Å²) in [5.41, 5.74) is 3.22. The van der Waals surface area contributed by atoms with Gasteiger partial charge in [0.1, 0.15) is 5.75 Å². The number of nitrogens with zero attached hydrogens (tertiary/aromatic N) is 2. The molecule has 40 heavy (non-hydrogen) atoms. The van der Waals surface area contributed by atoms with E-state index in [0.717, 1.165) is 30.2 Å². The fraction of sp³-hybridized carbons (Fsp3) is 0.310. The SMILES string of the molecule is COCCCNC(=O)c1cc(NC(=O)Nc2ccc(Cl)cc2Cl)ccc1N1CCN(c2ccccc2OC)CC1. The third-order valence-electron chi connectivity index (χ3n) is 6.54. The Labute approximate surface area is 244 Å². The van der Waals surface area contributed by atoms with Crippen molar-refractivity contribution in [2.75, 3.05) is 74.0 Å². The number of rotatable bonds is 10. The average Bonchev–Trinajstić information content (AvgIpc) is 2.97. The maximum Gasteiger partial charge on any atom is 0.323 e. The van der Waals surface area contributed by atoms with E-state index in [9.17, 15) is 9.59 Å². The predicted molar refractivity (Wildman–Crippen MR) is 162 cm³/mol. The number of urea groups is 1. The summed E-state index contributed by atoms with van der Waals surface area (Å²) >= 11 is 12.1. The minimum atomic E-state index is -0.492. The average molecular weight is 587 g/mol. The number of methoxy groups -OCH3 is 2. The Balaban J connectivity index is 1.50. The van der Waals surface area contributed by atoms with Crippen LogP contribution in [0.25, 0.3) is 0 Å². The Morgan fingerprint density at radius 2 is 1.60 bits per heavy atom. The number of ether oxygens (including phenoxy) is 2. The molecule has 3 N–H and O–H groups in total. The first kappa shape index (κ1) is 29.3. The maximum atomic E-state index is 13.3. The van der Waals surface area contributed by atoms with Crippen LogP contribution in [0.1, 0.15) is 16.8 Å². The molecule has 1 heterocycles. The van der Waals surface area contributed by atoms with Crippen LogP contribution >= 0.6 is 23.2 Å². The number of nitrogens with one attached hydrogen (secondary N) is 3. The Morgan fingerprint density at radius 3 is 2.30 bits per heavy atom. The lowest BCUT2D eigenvalue weighted by Crippen LogP contribution is -2.47. The lowest BCUT2D eigenvalue weighted by molar-refractivity contribution is 0.0949. The lowest BCUT2D eigenvalue weighted by Gasteiger charge is -2.38. The summed E-state index contributed by atoms with van der Waals surface area (Å²) in [7, 11) is 3.30. The molecule has 212 valence electrons. The molecule has 0 aliphatic carbocycles. The van der Waals surface area contributed by atoms with Gasteiger partial charge in [-0.15, -0.1) is 0 Å². The van der Waals surface area contributed by atoms with Gasteiger partial charge in [0.2, 0.25) is 0 Å². The van der Waals surface area contributed by atoms with Gasteiger partial charge in [-0.1, -0.05) is 35.3 Å². The molecule has 0 atom stereocenters. The molecule has 3 amide bonds. The third-order valence-corrected chi connectivity index (χ3v) is 7.08. The monoisotopic (exact) mass is 585 g/mol. The molecule has 0 bridgehead atoms. The van der Waals surface area contributed by atoms with Crippen molar-refractivity contribution in [2.45, 2.75) is 6.42 Å². The first-order valence-corrected chi connectivity index (χ1v) is 13.7. The molecule has 1 aliphatic rings. The fourth-order valence-corrected chi connectivity index (χ4v) is 5.00. The first-order chi connectivity index (χ1) is 19.4. The Morgan fingerprint density at radius 1 is 0.875 bits per heavy atom. The highest BCUT2D eigenvalue weighted by atomic mass is 35.5. The zero-order chi connectivity index (χ0) is 28.5. The summed E-state index contributed by atoms with van der Waals surface area (Å²) in [5.74, 6) is 0.615. The lowest BCUT2D eigenvalue weighted by atomic mass is 10.1. The molecular weight excluding hydrogens is 553 g/mol. The quantitative estimate of drug-likeness (QED) is 0.263. The van der Waals surface area contributed by atoms with Crippen LogP contribution in [0.5, 0.6) is 5.75 Å². The summed E-state index contributed by atoms with van der Waals surface area (Å²) in [4.78, 5) is 30.4. The minimum absolute atomic E-state index is 0.219. The topological polar surface area (TPSA) is 95.2 Å². The zero-order valence-corrected chi connectivity index (χ0v) is 24.0. The Hall–Kier alpha value is -3.66. The highest BCUT2D eigenvalue weighted by Gasteiger charge is 2.24. The molecule has 0 radical (unpaired) electrons. The van der Waals surface area contributed by atoms with Gasteiger partial charge in [0.25, 0.3) is 5.91 Å². The van der Waals surface area contributed by atoms with Gasteiger partial charge in [0, 0.05) is 62.8 Å². The van der Waals surface area contributed by atoms with E-state index in [-0.39, 0.29) is 5.91 Å². The van der Waals surface area contributed by atoms with Crippen LogP contribution in [0.3, 0.4) is 0 Å². The third kappa shape index (κ3) is 7.50. The van der Waals surface area contributed by atoms with Crippen molar-refractivity contribution in [3.8, 4) is 5.75 Å². The van der Waals surface area contributed by atoms with Crippen LogP contribution in [-0.2, 0) is 4.74 Å². The number of carbonyl (C=O) groups is 2. The molecule has 1 fully saturated rings. The molecule has 3 aromatic rings. The van der Waals surface area contributed by atoms with Crippen molar-refractivity contribution in [2.24, 2.45) is 0 Å². The van der Waals surface area contributed by atoms with Gasteiger partial charge < -0.3 is 35.2 Å². The van der Waals surface area contributed by atoms with Gasteiger partial charge in [-0.2, -0.15) is 0 Å². The van der Waals surface area contributed by atoms with E-state index in [1.165, 1.54) is 0 Å². The summed E-state index contributed by atoms with van der Waals surface area (Å²) in [6.45, 7) is 3.97. The standard InChI is InChI=1S/C29H33Cl2N5O4/c1-39-17-5-12-32-28(37)22-19-21(33-29(38)34-24-10-8-20(30)18-23(24)31)9-11-25(22)35-13-15-36(16-14-35)26-6-3-4-7-27(26)40-2/h3-4,6-11,18-19H,5,12-17H2,1-2H3,(H,32,37)(H2,33,34,38). The molecular formula is C29H33Cl2N5O4. The van der Waals surface area contributed by atoms with Crippen LogP contribution < -0.4 is 30.5 Å². The highest BCUT2D eigenvalue weighted by Crippen LogP contribution is 2.31. The van der Waals surface area contributed by atoms with Crippen LogP contribution in [-0.4, -0.2) is 65.5 Å². The molecule has 11 heteroatoms. The zero-order valence-electron chi connectivity index (χ0n) is 22.5. The summed E-state index contributed by atoms with van der Waals surface area (Å²) in [6, 6.07) is 17.6. The van der Waals surface area contributed by atoms with Gasteiger partial charge in [-0.25, -0.2) is 4.79 Å². The summed E-state index contributed by atoms with van der Waals surface area (Å²) < 4.78 is 10.6. The molecule has 0 unspecified atom stereocenters. The van der Waals surface area contributed by atoms with Crippen LogP contribution in [0.15, 0.2) is 60.7 Å². The number of amides is 3. The van der Waals surface area contributed by atoms with Crippen LogP contribution in [0.4, 0.5) is 27.5 Å². The second-order valence-electron chi connectivity index (χ2n) is 9.18. The number of hydrogen-bond acceptors (Lipinski definition) is 6. The van der Waals surface area contributed by atoms with Gasteiger partial charge in [0.05, 0.1) is 29.1 Å². The van der Waals surface area contributed by atoms with Gasteiger partial charge in [0.15, 0.2) is 0 Å². The van der Waals surface area contributed by atoms with Gasteiger partial charge >= 0.3 is 6.03 Å². The highest BCUT2D eigenvalue weighted by molar-refractivity contribution is 6.36. The van der Waals surface area contributed by atoms with Crippen molar-refractivity contribution in [3.05, 3.63) is 76.3 Å². The smallest absolute Gasteiger partial charge is 0.323 e. The number of benzene rings is 3. The molecule has 9 nitrogen and oxygen atoms in total. The second kappa shape index (κ2) is 14.1. The van der Waals surface area contributed by atoms with Gasteiger partial charge in [-0.05, 0) is 55.0 Å². The number of piperazine rings is 1. The number of hydrogen-bond donors (Lipinski definition) is 3. The van der Waals surface area contributed by atoms with Gasteiger partial charge in [-0.3, -0.25) is 4.79 Å². The van der Waals surface area contributed by atoms with Crippen LogP contribution in [0, 0.1) is 0 Å². The maximum absolute atomic E-state index is 13.3. The van der Waals surface area contributed by atoms with E-state index >= 15 is 0 Å². The Bertz CT molecular complexity index is 1330. The Kier molecular flexibility index (Phi) is 10.3. The van der Waals surface area contributed by atoms with E-state index in [2.05, 4.69) is 31.8 Å². The van der Waals surface area contributed by atoms with Crippen molar-refractivity contribution >= 4 is 57.9 Å². The molecule has 0 aromatic heterocycles. The molecule has 0 spiro atoms. The van der Waals surface area contributed by atoms with Crippen LogP contribution in [0.2, 0.25) is 10.0 Å². The van der Waals surface area contributed by atoms with Crippen molar-refractivity contribution < 1.29 is 19.1 Å². The number of para-hydroxylation sites is 2. The van der Waals surface area contributed by atoms with E-state index in [4.69, 9.17) is 32.7 Å². The van der Waals surface area contributed by atoms with E-state index < -0.39 is 6.03 Å². The molecule has 3 aromatic carbocycles. The molecule has 1 saturated heterocycles. The minimum Gasteiger partial charge on any atom is -0.495 e. The van der Waals surface area contributed by atoms with E-state index in [0.29, 0.717) is 59.6 Å². The van der Waals surface area contributed by atoms with E-state index in [1.54, 1.807) is 44.6 Å². The number of carbonyl (C=O) groups excluding carboxylic acids is 2. The fourth-order valence-electron chi connectivity index (χ4n) is 4.54.